The zero-order valence-corrected chi connectivity index (χ0v) is 15.3. The Morgan fingerprint density at radius 3 is 2.83 bits per heavy atom. The number of rotatable bonds is 4. The Labute approximate surface area is 151 Å². The summed E-state index contributed by atoms with van der Waals surface area (Å²) >= 11 is 11.8. The summed E-state index contributed by atoms with van der Waals surface area (Å²) < 4.78 is 19.3. The van der Waals surface area contributed by atoms with Crippen LogP contribution in [0, 0.1) is 11.7 Å². The first-order valence-electron chi connectivity index (χ1n) is 7.13. The minimum Gasteiger partial charge on any atom is -0.370 e. The highest BCUT2D eigenvalue weighted by molar-refractivity contribution is 6.35. The maximum Gasteiger partial charge on any atom is 0.226 e. The van der Waals surface area contributed by atoms with Gasteiger partial charge in [0.25, 0.3) is 0 Å². The Kier molecular flexibility index (Phi) is 8.04. The molecule has 1 aliphatic heterocycles. The Bertz CT molecular complexity index is 560. The second-order valence-electron chi connectivity index (χ2n) is 5.39. The first-order valence-corrected chi connectivity index (χ1v) is 7.89. The molecule has 1 amide bonds. The predicted octanol–water partition coefficient (Wildman–Crippen LogP) is 3.31. The quantitative estimate of drug-likeness (QED) is 0.809. The molecular weight excluding hydrogens is 366 g/mol. The van der Waals surface area contributed by atoms with Crippen molar-refractivity contribution in [2.75, 3.05) is 33.3 Å². The van der Waals surface area contributed by atoms with Gasteiger partial charge in [0.05, 0.1) is 18.2 Å². The number of hydrogen-bond acceptors (Lipinski definition) is 3. The summed E-state index contributed by atoms with van der Waals surface area (Å²) in [7, 11) is 1.81. The fraction of sp³-hybridized carbons (Fsp3) is 0.533. The largest absolute Gasteiger partial charge is 0.370 e. The van der Waals surface area contributed by atoms with E-state index in [4.69, 9.17) is 27.9 Å². The lowest BCUT2D eigenvalue weighted by molar-refractivity contribution is -0.142. The number of carbonyl (C=O) groups is 1. The van der Waals surface area contributed by atoms with E-state index in [1.54, 1.807) is 4.90 Å². The van der Waals surface area contributed by atoms with Gasteiger partial charge in [-0.05, 0) is 19.2 Å². The van der Waals surface area contributed by atoms with Gasteiger partial charge in [-0.2, -0.15) is 0 Å². The smallest absolute Gasteiger partial charge is 0.226 e. The lowest BCUT2D eigenvalue weighted by Gasteiger charge is -2.35. The molecule has 8 heteroatoms. The molecule has 2 unspecified atom stereocenters. The van der Waals surface area contributed by atoms with Gasteiger partial charge in [0.2, 0.25) is 5.91 Å². The Balaban J connectivity index is 0.00000264. The first-order chi connectivity index (χ1) is 10.4. The predicted molar refractivity (Wildman–Crippen MR) is 92.0 cm³/mol. The standard InChI is InChI=1S/C15H19Cl2FN2O2.ClH/c1-9(7-19-2)15(21)20-3-4-22-14(8-20)10-5-13(18)12(17)6-11(10)16;/h5-6,9,14,19H,3-4,7-8H2,1-2H3;1H. The normalized spacial score (nSPS) is 19.2. The second-order valence-corrected chi connectivity index (χ2v) is 6.20. The second kappa shape index (κ2) is 9.04. The van der Waals surface area contributed by atoms with Gasteiger partial charge < -0.3 is 15.0 Å². The summed E-state index contributed by atoms with van der Waals surface area (Å²) in [6.07, 6.45) is -0.446. The maximum atomic E-state index is 13.7. The molecule has 2 rings (SSSR count). The Morgan fingerprint density at radius 1 is 1.48 bits per heavy atom. The number of carbonyl (C=O) groups excluding carboxylic acids is 1. The molecule has 0 radical (unpaired) electrons. The summed E-state index contributed by atoms with van der Waals surface area (Å²) in [4.78, 5) is 14.1. The third-order valence-electron chi connectivity index (χ3n) is 3.70. The fourth-order valence-electron chi connectivity index (χ4n) is 2.53. The molecule has 4 nitrogen and oxygen atoms in total. The van der Waals surface area contributed by atoms with Crippen LogP contribution >= 0.6 is 35.6 Å². The molecule has 1 fully saturated rings. The van der Waals surface area contributed by atoms with Crippen LogP contribution in [-0.4, -0.2) is 44.1 Å². The summed E-state index contributed by atoms with van der Waals surface area (Å²) in [6.45, 7) is 3.75. The highest BCUT2D eigenvalue weighted by atomic mass is 35.5. The molecule has 1 aliphatic rings. The van der Waals surface area contributed by atoms with Crippen molar-refractivity contribution in [3.8, 4) is 0 Å². The lowest BCUT2D eigenvalue weighted by atomic mass is 10.1. The van der Waals surface area contributed by atoms with Crippen LogP contribution in [0.2, 0.25) is 10.0 Å². The Morgan fingerprint density at radius 2 is 2.17 bits per heavy atom. The fourth-order valence-corrected chi connectivity index (χ4v) is 3.03. The average molecular weight is 386 g/mol. The van der Waals surface area contributed by atoms with Gasteiger partial charge in [-0.3, -0.25) is 4.79 Å². The van der Waals surface area contributed by atoms with Crippen molar-refractivity contribution < 1.29 is 13.9 Å². The number of ether oxygens (including phenoxy) is 1. The van der Waals surface area contributed by atoms with Crippen LogP contribution in [0.5, 0.6) is 0 Å². The average Bonchev–Trinajstić information content (AvgIpc) is 2.50. The third kappa shape index (κ3) is 4.94. The zero-order valence-electron chi connectivity index (χ0n) is 12.9. The molecule has 2 atom stereocenters. The number of hydrogen-bond donors (Lipinski definition) is 1. The zero-order chi connectivity index (χ0) is 16.3. The van der Waals surface area contributed by atoms with Crippen molar-refractivity contribution in [3.63, 3.8) is 0 Å². The first kappa shape index (κ1) is 20.5. The molecular formula is C15H20Cl3FN2O2. The molecule has 0 saturated carbocycles. The lowest BCUT2D eigenvalue weighted by Crippen LogP contribution is -2.46. The van der Waals surface area contributed by atoms with E-state index in [-0.39, 0.29) is 29.3 Å². The van der Waals surface area contributed by atoms with Gasteiger partial charge in [0.1, 0.15) is 11.9 Å². The van der Waals surface area contributed by atoms with E-state index >= 15 is 0 Å². The highest BCUT2D eigenvalue weighted by Gasteiger charge is 2.29. The minimum atomic E-state index is -0.545. The van der Waals surface area contributed by atoms with Crippen LogP contribution in [0.1, 0.15) is 18.6 Å². The van der Waals surface area contributed by atoms with Gasteiger partial charge >= 0.3 is 0 Å². The summed E-state index contributed by atoms with van der Waals surface area (Å²) in [6, 6.07) is 2.64. The van der Waals surface area contributed by atoms with Crippen molar-refractivity contribution in [2.24, 2.45) is 5.92 Å². The van der Waals surface area contributed by atoms with Crippen molar-refractivity contribution in [3.05, 3.63) is 33.6 Å². The van der Waals surface area contributed by atoms with E-state index in [0.29, 0.717) is 36.8 Å². The van der Waals surface area contributed by atoms with Gasteiger partial charge in [0, 0.05) is 29.6 Å². The Hall–Kier alpha value is -0.590. The third-order valence-corrected chi connectivity index (χ3v) is 4.31. The van der Waals surface area contributed by atoms with Gasteiger partial charge in [-0.25, -0.2) is 4.39 Å². The van der Waals surface area contributed by atoms with Crippen LogP contribution in [0.15, 0.2) is 12.1 Å². The van der Waals surface area contributed by atoms with E-state index in [1.807, 2.05) is 14.0 Å². The molecule has 1 aromatic carbocycles. The van der Waals surface area contributed by atoms with Crippen LogP contribution in [0.4, 0.5) is 4.39 Å². The molecule has 1 N–H and O–H groups in total. The van der Waals surface area contributed by atoms with Crippen molar-refractivity contribution in [1.29, 1.82) is 0 Å². The molecule has 0 aliphatic carbocycles. The van der Waals surface area contributed by atoms with E-state index in [0.717, 1.165) is 0 Å². The minimum absolute atomic E-state index is 0. The van der Waals surface area contributed by atoms with Gasteiger partial charge in [-0.1, -0.05) is 30.1 Å². The molecule has 130 valence electrons. The van der Waals surface area contributed by atoms with Crippen molar-refractivity contribution in [2.45, 2.75) is 13.0 Å². The molecule has 1 heterocycles. The molecule has 1 saturated heterocycles. The molecule has 1 aromatic rings. The maximum absolute atomic E-state index is 13.7. The van der Waals surface area contributed by atoms with Crippen molar-refractivity contribution >= 4 is 41.5 Å². The number of nitrogens with zero attached hydrogens (tertiary/aromatic N) is 1. The van der Waals surface area contributed by atoms with Crippen LogP contribution in [0.25, 0.3) is 0 Å². The number of nitrogens with one attached hydrogen (secondary N) is 1. The topological polar surface area (TPSA) is 41.6 Å². The van der Waals surface area contributed by atoms with Gasteiger partial charge in [-0.15, -0.1) is 12.4 Å². The van der Waals surface area contributed by atoms with E-state index in [9.17, 15) is 9.18 Å². The molecule has 0 bridgehead atoms. The molecule has 23 heavy (non-hydrogen) atoms. The number of benzene rings is 1. The van der Waals surface area contributed by atoms with E-state index in [1.165, 1.54) is 12.1 Å². The van der Waals surface area contributed by atoms with E-state index < -0.39 is 11.9 Å². The van der Waals surface area contributed by atoms with Crippen LogP contribution in [0.3, 0.4) is 0 Å². The van der Waals surface area contributed by atoms with Crippen LogP contribution in [-0.2, 0) is 9.53 Å². The monoisotopic (exact) mass is 384 g/mol. The number of morpholine rings is 1. The summed E-state index contributed by atoms with van der Waals surface area (Å²) in [5, 5.41) is 3.30. The highest BCUT2D eigenvalue weighted by Crippen LogP contribution is 2.32. The number of amides is 1. The van der Waals surface area contributed by atoms with Crippen LogP contribution < -0.4 is 5.32 Å². The summed E-state index contributed by atoms with van der Waals surface area (Å²) in [5.74, 6) is -0.619. The van der Waals surface area contributed by atoms with E-state index in [2.05, 4.69) is 5.32 Å². The molecule has 0 spiro atoms. The summed E-state index contributed by atoms with van der Waals surface area (Å²) in [5.41, 5.74) is 0.516. The van der Waals surface area contributed by atoms with Crippen molar-refractivity contribution in [1.82, 2.24) is 10.2 Å². The number of halogens is 4. The van der Waals surface area contributed by atoms with Gasteiger partial charge in [0.15, 0.2) is 0 Å². The SMILES string of the molecule is CNCC(C)C(=O)N1CCOC(c2cc(F)c(Cl)cc2Cl)C1.Cl. The molecule has 0 aromatic heterocycles.